The lowest BCUT2D eigenvalue weighted by atomic mass is 10.1. The van der Waals surface area contributed by atoms with Gasteiger partial charge in [-0.25, -0.2) is 9.59 Å². The fourth-order valence-corrected chi connectivity index (χ4v) is 2.24. The van der Waals surface area contributed by atoms with E-state index in [-0.39, 0.29) is 25.5 Å². The van der Waals surface area contributed by atoms with E-state index in [0.29, 0.717) is 16.8 Å². The highest BCUT2D eigenvalue weighted by Gasteiger charge is 2.20. The van der Waals surface area contributed by atoms with Gasteiger partial charge in [0.15, 0.2) is 0 Å². The van der Waals surface area contributed by atoms with Crippen LogP contribution in [0.15, 0.2) is 18.2 Å². The Morgan fingerprint density at radius 2 is 1.52 bits per heavy atom. The van der Waals surface area contributed by atoms with Crippen molar-refractivity contribution in [2.45, 2.75) is 79.2 Å². The van der Waals surface area contributed by atoms with Crippen molar-refractivity contribution in [2.24, 2.45) is 0 Å². The van der Waals surface area contributed by atoms with E-state index in [1.807, 2.05) is 0 Å². The molecule has 0 unspecified atom stereocenters. The van der Waals surface area contributed by atoms with Crippen LogP contribution in [-0.4, -0.2) is 29.4 Å². The molecule has 0 spiro atoms. The third kappa shape index (κ3) is 9.82. The Bertz CT molecular complexity index is 732. The largest absolute Gasteiger partial charge is 0.461 e. The lowest BCUT2D eigenvalue weighted by Crippen LogP contribution is -2.33. The molecule has 1 aromatic rings. The fraction of sp³-hybridized carbons (Fsp3) is 0.571. The van der Waals surface area contributed by atoms with E-state index < -0.39 is 23.4 Å². The van der Waals surface area contributed by atoms with Crippen LogP contribution in [0.4, 0.5) is 15.3 Å². The van der Waals surface area contributed by atoms with Gasteiger partial charge in [-0.05, 0) is 53.2 Å². The number of nitrogens with one attached hydrogen (secondary N) is 2. The molecule has 0 aliphatic heterocycles. The topological polar surface area (TPSA) is 103 Å². The van der Waals surface area contributed by atoms with E-state index >= 15 is 0 Å². The lowest BCUT2D eigenvalue weighted by molar-refractivity contribution is -0.144. The van der Waals surface area contributed by atoms with Gasteiger partial charge in [0.2, 0.25) is 0 Å². The first-order valence-corrected chi connectivity index (χ1v) is 9.54. The van der Waals surface area contributed by atoms with Crippen molar-refractivity contribution in [3.8, 4) is 0 Å². The highest BCUT2D eigenvalue weighted by molar-refractivity contribution is 5.86. The second-order valence-electron chi connectivity index (χ2n) is 8.44. The molecule has 2 N–H and O–H groups in total. The molecule has 0 radical (unpaired) electrons. The first kappa shape index (κ1) is 24.3. The number of carbonyl (C=O) groups excluding carboxylic acids is 3. The van der Waals surface area contributed by atoms with Crippen molar-refractivity contribution in [3.05, 3.63) is 29.3 Å². The van der Waals surface area contributed by atoms with Crippen LogP contribution < -0.4 is 10.6 Å². The van der Waals surface area contributed by atoms with Crippen molar-refractivity contribution in [3.63, 3.8) is 0 Å². The van der Waals surface area contributed by atoms with Crippen LogP contribution in [0.3, 0.4) is 0 Å². The van der Waals surface area contributed by atoms with Gasteiger partial charge in [-0.2, -0.15) is 0 Å². The number of hydrogen-bond donors (Lipinski definition) is 2. The second-order valence-corrected chi connectivity index (χ2v) is 8.44. The lowest BCUT2D eigenvalue weighted by Gasteiger charge is -2.22. The summed E-state index contributed by atoms with van der Waals surface area (Å²) in [6.45, 7) is 12.4. The molecule has 0 saturated heterocycles. The average Bonchev–Trinajstić information content (AvgIpc) is 2.55. The maximum atomic E-state index is 12.2. The van der Waals surface area contributed by atoms with Crippen LogP contribution in [0.25, 0.3) is 0 Å². The third-order valence-electron chi connectivity index (χ3n) is 3.39. The Kier molecular flexibility index (Phi) is 8.48. The summed E-state index contributed by atoms with van der Waals surface area (Å²) in [7, 11) is 0. The Morgan fingerprint density at radius 1 is 0.931 bits per heavy atom. The molecule has 0 aliphatic carbocycles. The molecule has 162 valence electrons. The number of ether oxygens (including phenoxy) is 3. The van der Waals surface area contributed by atoms with Crippen LogP contribution in [0.2, 0.25) is 0 Å². The SMILES string of the molecule is CCC(=O)OCc1cccc(NC(=O)OC(C)(C)C)c1CNC(=O)OC(C)(C)C. The number of amides is 2. The molecule has 0 heterocycles. The highest BCUT2D eigenvalue weighted by Crippen LogP contribution is 2.23. The van der Waals surface area contributed by atoms with Gasteiger partial charge in [0.05, 0.1) is 0 Å². The second kappa shape index (κ2) is 10.1. The average molecular weight is 408 g/mol. The van der Waals surface area contributed by atoms with Crippen LogP contribution in [0.5, 0.6) is 0 Å². The Hall–Kier alpha value is -2.77. The van der Waals surface area contributed by atoms with E-state index in [9.17, 15) is 14.4 Å². The van der Waals surface area contributed by atoms with Gasteiger partial charge >= 0.3 is 18.2 Å². The van der Waals surface area contributed by atoms with Gasteiger partial charge < -0.3 is 19.5 Å². The summed E-state index contributed by atoms with van der Waals surface area (Å²) in [5.74, 6) is -0.346. The Labute approximate surface area is 172 Å². The summed E-state index contributed by atoms with van der Waals surface area (Å²) in [6.07, 6.45) is -0.971. The summed E-state index contributed by atoms with van der Waals surface area (Å²) in [5, 5.41) is 5.35. The van der Waals surface area contributed by atoms with Crippen LogP contribution >= 0.6 is 0 Å². The van der Waals surface area contributed by atoms with Gasteiger partial charge in [-0.15, -0.1) is 0 Å². The molecule has 2 amide bonds. The van der Waals surface area contributed by atoms with E-state index in [1.54, 1.807) is 66.7 Å². The minimum atomic E-state index is -0.659. The minimum absolute atomic E-state index is 0.0157. The molecule has 0 aliphatic rings. The molecule has 29 heavy (non-hydrogen) atoms. The van der Waals surface area contributed by atoms with Gasteiger partial charge in [-0.3, -0.25) is 10.1 Å². The molecule has 0 bridgehead atoms. The fourth-order valence-electron chi connectivity index (χ4n) is 2.24. The summed E-state index contributed by atoms with van der Waals surface area (Å²) < 4.78 is 15.8. The van der Waals surface area contributed by atoms with Gasteiger partial charge in [-0.1, -0.05) is 19.1 Å². The quantitative estimate of drug-likeness (QED) is 0.530. The standard InChI is InChI=1S/C21H32N2O6/c1-8-17(24)27-13-14-10-9-11-16(23-19(26)29-21(5,6)7)15(14)12-22-18(25)28-20(2,3)4/h9-11H,8,12-13H2,1-7H3,(H,22,25)(H,23,26). The Balaban J connectivity index is 3.05. The van der Waals surface area contributed by atoms with E-state index in [4.69, 9.17) is 14.2 Å². The summed E-state index contributed by atoms with van der Waals surface area (Å²) in [4.78, 5) is 35.8. The maximum Gasteiger partial charge on any atom is 0.412 e. The van der Waals surface area contributed by atoms with Crippen molar-refractivity contribution in [2.75, 3.05) is 5.32 Å². The van der Waals surface area contributed by atoms with Gasteiger partial charge in [0.25, 0.3) is 0 Å². The number of anilines is 1. The number of rotatable bonds is 6. The smallest absolute Gasteiger partial charge is 0.412 e. The predicted octanol–water partition coefficient (Wildman–Crippen LogP) is 4.51. The highest BCUT2D eigenvalue weighted by atomic mass is 16.6. The molecular weight excluding hydrogens is 376 g/mol. The van der Waals surface area contributed by atoms with Crippen LogP contribution in [0.1, 0.15) is 66.0 Å². The number of esters is 1. The zero-order valence-corrected chi connectivity index (χ0v) is 18.3. The number of hydrogen-bond acceptors (Lipinski definition) is 6. The van der Waals surface area contributed by atoms with E-state index in [1.165, 1.54) is 0 Å². The van der Waals surface area contributed by atoms with Crippen molar-refractivity contribution in [1.29, 1.82) is 0 Å². The monoisotopic (exact) mass is 408 g/mol. The van der Waals surface area contributed by atoms with Crippen molar-refractivity contribution in [1.82, 2.24) is 5.32 Å². The minimum Gasteiger partial charge on any atom is -0.461 e. The number of carbonyl (C=O) groups is 3. The molecule has 0 atom stereocenters. The molecule has 0 fully saturated rings. The van der Waals surface area contributed by atoms with Crippen molar-refractivity contribution >= 4 is 23.8 Å². The zero-order chi connectivity index (χ0) is 22.2. The van der Waals surface area contributed by atoms with Crippen LogP contribution in [-0.2, 0) is 32.2 Å². The summed E-state index contributed by atoms with van der Waals surface area (Å²) in [5.41, 5.74) is 0.385. The van der Waals surface area contributed by atoms with Crippen LogP contribution in [0, 0.1) is 0 Å². The van der Waals surface area contributed by atoms with E-state index in [0.717, 1.165) is 0 Å². The summed E-state index contributed by atoms with van der Waals surface area (Å²) in [6, 6.07) is 5.16. The van der Waals surface area contributed by atoms with E-state index in [2.05, 4.69) is 10.6 Å². The van der Waals surface area contributed by atoms with Gasteiger partial charge in [0, 0.05) is 24.2 Å². The summed E-state index contributed by atoms with van der Waals surface area (Å²) >= 11 is 0. The predicted molar refractivity (Wildman–Crippen MR) is 109 cm³/mol. The molecule has 8 nitrogen and oxygen atoms in total. The molecule has 0 saturated carbocycles. The number of benzene rings is 1. The van der Waals surface area contributed by atoms with Gasteiger partial charge in [0.1, 0.15) is 17.8 Å². The molecule has 0 aromatic heterocycles. The normalized spacial score (nSPS) is 11.4. The molecular formula is C21H32N2O6. The molecule has 8 heteroatoms. The zero-order valence-electron chi connectivity index (χ0n) is 18.3. The van der Waals surface area contributed by atoms with Crippen molar-refractivity contribution < 1.29 is 28.6 Å². The first-order valence-electron chi connectivity index (χ1n) is 9.54. The first-order chi connectivity index (χ1) is 13.3. The maximum absolute atomic E-state index is 12.2. The number of alkyl carbamates (subject to hydrolysis) is 1. The molecule has 1 rings (SSSR count). The molecule has 1 aromatic carbocycles. The Morgan fingerprint density at radius 3 is 2.07 bits per heavy atom. The third-order valence-corrected chi connectivity index (χ3v) is 3.39.